The van der Waals surface area contributed by atoms with E-state index in [1.165, 1.54) is 6.92 Å². The number of amides is 2. The monoisotopic (exact) mass is 244 g/mol. The zero-order valence-corrected chi connectivity index (χ0v) is 11.0. The van der Waals surface area contributed by atoms with E-state index in [-0.39, 0.29) is 18.4 Å². The molecule has 0 aromatic rings. The van der Waals surface area contributed by atoms with Crippen molar-refractivity contribution in [2.24, 2.45) is 5.92 Å². The van der Waals surface area contributed by atoms with Crippen LogP contribution >= 0.6 is 0 Å². The number of carbonyl (C=O) groups is 2. The van der Waals surface area contributed by atoms with Gasteiger partial charge in [0.1, 0.15) is 6.04 Å². The van der Waals surface area contributed by atoms with E-state index in [1.54, 1.807) is 6.92 Å². The zero-order valence-electron chi connectivity index (χ0n) is 11.0. The third-order valence-electron chi connectivity index (χ3n) is 2.61. The Hall–Kier alpha value is -1.10. The van der Waals surface area contributed by atoms with Crippen molar-refractivity contribution in [3.63, 3.8) is 0 Å². The van der Waals surface area contributed by atoms with Gasteiger partial charge in [0.2, 0.25) is 11.8 Å². The van der Waals surface area contributed by atoms with Crippen LogP contribution in [-0.4, -0.2) is 36.1 Å². The van der Waals surface area contributed by atoms with Gasteiger partial charge in [0, 0.05) is 20.1 Å². The quantitative estimate of drug-likeness (QED) is 0.579. The lowest BCUT2D eigenvalue weighted by Gasteiger charge is -2.18. The molecule has 0 aliphatic carbocycles. The molecule has 0 saturated heterocycles. The Kier molecular flexibility index (Phi) is 8.40. The van der Waals surface area contributed by atoms with Gasteiger partial charge >= 0.3 is 0 Å². The van der Waals surface area contributed by atoms with Gasteiger partial charge in [-0.25, -0.2) is 0 Å². The second kappa shape index (κ2) is 8.98. The number of nitrogens with one attached hydrogen (secondary N) is 2. The fraction of sp³-hybridized carbons (Fsp3) is 0.833. The van der Waals surface area contributed by atoms with Crippen LogP contribution in [0.15, 0.2) is 0 Å². The molecular formula is C12H24N2O3. The van der Waals surface area contributed by atoms with Gasteiger partial charge in [0.05, 0.1) is 0 Å². The van der Waals surface area contributed by atoms with E-state index in [0.29, 0.717) is 18.9 Å². The number of hydrogen-bond donors (Lipinski definition) is 3. The second-order valence-electron chi connectivity index (χ2n) is 4.33. The third-order valence-corrected chi connectivity index (χ3v) is 2.61. The van der Waals surface area contributed by atoms with Crippen molar-refractivity contribution >= 4 is 11.8 Å². The van der Waals surface area contributed by atoms with Crippen molar-refractivity contribution in [3.05, 3.63) is 0 Å². The lowest BCUT2D eigenvalue weighted by molar-refractivity contribution is -0.127. The van der Waals surface area contributed by atoms with Gasteiger partial charge in [-0.1, -0.05) is 13.3 Å². The molecule has 0 rings (SSSR count). The van der Waals surface area contributed by atoms with Gasteiger partial charge in [0.15, 0.2) is 0 Å². The van der Waals surface area contributed by atoms with E-state index in [4.69, 9.17) is 5.11 Å². The van der Waals surface area contributed by atoms with Crippen molar-refractivity contribution in [2.75, 3.05) is 13.2 Å². The molecule has 0 aliphatic rings. The standard InChI is InChI=1S/C12H24N2O3/c1-4-5-11(6-7-15)8-13-12(17)9(2)14-10(3)16/h9,11,15H,4-8H2,1-3H3,(H,13,17)(H,14,16). The first-order chi connectivity index (χ1) is 8.01. The Morgan fingerprint density at radius 1 is 1.29 bits per heavy atom. The molecule has 0 aliphatic heterocycles. The van der Waals surface area contributed by atoms with E-state index in [9.17, 15) is 9.59 Å². The number of aliphatic hydroxyl groups is 1. The van der Waals surface area contributed by atoms with Crippen molar-refractivity contribution < 1.29 is 14.7 Å². The van der Waals surface area contributed by atoms with Crippen LogP contribution in [-0.2, 0) is 9.59 Å². The molecule has 0 bridgehead atoms. The highest BCUT2D eigenvalue weighted by molar-refractivity contribution is 5.86. The van der Waals surface area contributed by atoms with Crippen molar-refractivity contribution in [1.29, 1.82) is 0 Å². The summed E-state index contributed by atoms with van der Waals surface area (Å²) in [6.45, 7) is 5.80. The largest absolute Gasteiger partial charge is 0.396 e. The molecule has 0 aromatic heterocycles. The zero-order chi connectivity index (χ0) is 13.3. The lowest BCUT2D eigenvalue weighted by atomic mass is 10.0. The normalized spacial score (nSPS) is 13.9. The Morgan fingerprint density at radius 3 is 2.41 bits per heavy atom. The predicted molar refractivity (Wildman–Crippen MR) is 66.4 cm³/mol. The summed E-state index contributed by atoms with van der Waals surface area (Å²) in [7, 11) is 0. The van der Waals surface area contributed by atoms with Crippen LogP contribution in [0.5, 0.6) is 0 Å². The van der Waals surface area contributed by atoms with Crippen LogP contribution in [0.2, 0.25) is 0 Å². The molecule has 2 atom stereocenters. The van der Waals surface area contributed by atoms with Crippen LogP contribution in [0.3, 0.4) is 0 Å². The summed E-state index contributed by atoms with van der Waals surface area (Å²) in [5.74, 6) is -0.0918. The molecule has 0 radical (unpaired) electrons. The average molecular weight is 244 g/mol. The van der Waals surface area contributed by atoms with Gasteiger partial charge in [0.25, 0.3) is 0 Å². The lowest BCUT2D eigenvalue weighted by Crippen LogP contribution is -2.45. The second-order valence-corrected chi connectivity index (χ2v) is 4.33. The molecule has 0 fully saturated rings. The SMILES string of the molecule is CCCC(CCO)CNC(=O)C(C)NC(C)=O. The highest BCUT2D eigenvalue weighted by Crippen LogP contribution is 2.09. The van der Waals surface area contributed by atoms with Gasteiger partial charge < -0.3 is 15.7 Å². The van der Waals surface area contributed by atoms with Crippen LogP contribution < -0.4 is 10.6 Å². The number of hydrogen-bond acceptors (Lipinski definition) is 3. The molecule has 5 heteroatoms. The average Bonchev–Trinajstić information content (AvgIpc) is 2.25. The molecule has 2 unspecified atom stereocenters. The number of carbonyl (C=O) groups excluding carboxylic acids is 2. The van der Waals surface area contributed by atoms with Crippen LogP contribution in [0.4, 0.5) is 0 Å². The summed E-state index contributed by atoms with van der Waals surface area (Å²) in [5, 5.41) is 14.2. The van der Waals surface area contributed by atoms with Gasteiger partial charge in [-0.2, -0.15) is 0 Å². The maximum atomic E-state index is 11.6. The summed E-state index contributed by atoms with van der Waals surface area (Å²) in [6.07, 6.45) is 2.71. The van der Waals surface area contributed by atoms with Gasteiger partial charge in [-0.15, -0.1) is 0 Å². The maximum absolute atomic E-state index is 11.6. The highest BCUT2D eigenvalue weighted by Gasteiger charge is 2.15. The first kappa shape index (κ1) is 15.9. The summed E-state index contributed by atoms with van der Waals surface area (Å²) < 4.78 is 0. The van der Waals surface area contributed by atoms with Crippen LogP contribution in [0, 0.1) is 5.92 Å². The van der Waals surface area contributed by atoms with E-state index < -0.39 is 6.04 Å². The minimum absolute atomic E-state index is 0.141. The fourth-order valence-electron chi connectivity index (χ4n) is 1.71. The minimum atomic E-state index is -0.510. The van der Waals surface area contributed by atoms with Crippen LogP contribution in [0.25, 0.3) is 0 Å². The molecule has 0 aromatic carbocycles. The first-order valence-electron chi connectivity index (χ1n) is 6.16. The molecule has 100 valence electrons. The molecule has 5 nitrogen and oxygen atoms in total. The molecular weight excluding hydrogens is 220 g/mol. The summed E-state index contributed by atoms with van der Waals surface area (Å²) in [5.41, 5.74) is 0. The summed E-state index contributed by atoms with van der Waals surface area (Å²) in [4.78, 5) is 22.4. The molecule has 2 amide bonds. The van der Waals surface area contributed by atoms with E-state index in [2.05, 4.69) is 17.6 Å². The first-order valence-corrected chi connectivity index (χ1v) is 6.16. The number of aliphatic hydroxyl groups excluding tert-OH is 1. The minimum Gasteiger partial charge on any atom is -0.396 e. The molecule has 0 saturated carbocycles. The van der Waals surface area contributed by atoms with Crippen molar-refractivity contribution in [3.8, 4) is 0 Å². The van der Waals surface area contributed by atoms with E-state index in [0.717, 1.165) is 12.8 Å². The Labute approximate surface area is 103 Å². The van der Waals surface area contributed by atoms with E-state index in [1.807, 2.05) is 0 Å². The maximum Gasteiger partial charge on any atom is 0.242 e. The van der Waals surface area contributed by atoms with Crippen LogP contribution in [0.1, 0.15) is 40.0 Å². The molecule has 3 N–H and O–H groups in total. The van der Waals surface area contributed by atoms with Gasteiger partial charge in [-0.3, -0.25) is 9.59 Å². The van der Waals surface area contributed by atoms with Gasteiger partial charge in [-0.05, 0) is 25.7 Å². The highest BCUT2D eigenvalue weighted by atomic mass is 16.3. The molecule has 0 heterocycles. The fourth-order valence-corrected chi connectivity index (χ4v) is 1.71. The number of rotatable bonds is 8. The van der Waals surface area contributed by atoms with E-state index >= 15 is 0 Å². The predicted octanol–water partition coefficient (Wildman–Crippen LogP) is 0.426. The third kappa shape index (κ3) is 7.74. The smallest absolute Gasteiger partial charge is 0.242 e. The topological polar surface area (TPSA) is 78.4 Å². The molecule has 0 spiro atoms. The van der Waals surface area contributed by atoms with Crippen molar-refractivity contribution in [2.45, 2.75) is 46.1 Å². The Bertz CT molecular complexity index is 238. The Morgan fingerprint density at radius 2 is 1.94 bits per heavy atom. The molecule has 17 heavy (non-hydrogen) atoms. The van der Waals surface area contributed by atoms with Crippen molar-refractivity contribution in [1.82, 2.24) is 10.6 Å². The summed E-state index contributed by atoms with van der Waals surface area (Å²) in [6, 6.07) is -0.510. The summed E-state index contributed by atoms with van der Waals surface area (Å²) >= 11 is 0. The Balaban J connectivity index is 3.97.